The number of nitrogens with zero attached hydrogens (tertiary/aromatic N) is 3. The fourth-order valence-electron chi connectivity index (χ4n) is 4.79. The van der Waals surface area contributed by atoms with Crippen LogP contribution in [0.4, 0.5) is 4.79 Å². The lowest BCUT2D eigenvalue weighted by Crippen LogP contribution is -2.48. The van der Waals surface area contributed by atoms with Gasteiger partial charge >= 0.3 is 12.1 Å². The van der Waals surface area contributed by atoms with Crippen molar-refractivity contribution in [1.82, 2.24) is 14.7 Å². The van der Waals surface area contributed by atoms with Crippen molar-refractivity contribution in [2.24, 2.45) is 0 Å². The van der Waals surface area contributed by atoms with E-state index in [4.69, 9.17) is 16.3 Å². The van der Waals surface area contributed by atoms with Crippen molar-refractivity contribution in [3.8, 4) is 0 Å². The van der Waals surface area contributed by atoms with Gasteiger partial charge in [-0.15, -0.1) is 0 Å². The number of rotatable bonds is 10. The van der Waals surface area contributed by atoms with E-state index in [1.165, 1.54) is 0 Å². The number of carboxylic acids is 1. The number of carbonyl (C=O) groups excluding carboxylic acids is 2. The Morgan fingerprint density at radius 1 is 1.03 bits per heavy atom. The van der Waals surface area contributed by atoms with Gasteiger partial charge in [-0.2, -0.15) is 0 Å². The Morgan fingerprint density at radius 2 is 1.69 bits per heavy atom. The molecular formula is C30H44ClN3O5. The number of likely N-dealkylation sites (tertiary alicyclic amines) is 1. The molecule has 9 heteroatoms. The third-order valence-corrected chi connectivity index (χ3v) is 7.08. The quantitative estimate of drug-likeness (QED) is 0.275. The molecule has 3 rings (SSSR count). The van der Waals surface area contributed by atoms with Crippen LogP contribution in [0.25, 0.3) is 0 Å². The number of ether oxygens (including phenoxy) is 1. The fourth-order valence-corrected chi connectivity index (χ4v) is 5.01. The molecule has 0 aliphatic carbocycles. The van der Waals surface area contributed by atoms with E-state index in [1.807, 2.05) is 39.0 Å². The van der Waals surface area contributed by atoms with Crippen molar-refractivity contribution in [1.29, 1.82) is 0 Å². The molecule has 1 aromatic rings. The fraction of sp³-hybridized carbons (Fsp3) is 0.567. The first-order valence-electron chi connectivity index (χ1n) is 14.2. The van der Waals surface area contributed by atoms with Gasteiger partial charge in [0.05, 0.1) is 18.6 Å². The molecule has 0 saturated carbocycles. The standard InChI is InChI=1S/C28H38ClN3O5.C2H6/c1-3-5-17-37-28(36)31-15-13-30(14-16-31)23(8-4-2)18-22(29)19-26(33)32-12-11-21(20-32)24-9-6-7-10-25(24)27(34)35;1-2/h6-10,18,21H,3-5,11-17,19-20H2,1-2H3,(H,34,35);1-2H3/b22-18+,23-8+;. The lowest BCUT2D eigenvalue weighted by molar-refractivity contribution is -0.129. The van der Waals surface area contributed by atoms with Gasteiger partial charge in [-0.3, -0.25) is 4.79 Å². The number of allylic oxidation sites excluding steroid dienone is 2. The molecule has 0 spiro atoms. The number of unbranched alkanes of at least 4 members (excludes halogenated alkanes) is 1. The summed E-state index contributed by atoms with van der Waals surface area (Å²) in [7, 11) is 0. The Morgan fingerprint density at radius 3 is 2.33 bits per heavy atom. The summed E-state index contributed by atoms with van der Waals surface area (Å²) < 4.78 is 5.33. The topological polar surface area (TPSA) is 90.4 Å². The predicted octanol–water partition coefficient (Wildman–Crippen LogP) is 6.09. The molecule has 8 nitrogen and oxygen atoms in total. The second-order valence-electron chi connectivity index (χ2n) is 9.46. The number of carbonyl (C=O) groups is 3. The molecule has 0 bridgehead atoms. The minimum absolute atomic E-state index is 0.000452. The molecule has 2 aliphatic heterocycles. The minimum atomic E-state index is -0.948. The largest absolute Gasteiger partial charge is 0.478 e. The lowest BCUT2D eigenvalue weighted by Gasteiger charge is -2.36. The second kappa shape index (κ2) is 16.9. The predicted molar refractivity (Wildman–Crippen MR) is 155 cm³/mol. The summed E-state index contributed by atoms with van der Waals surface area (Å²) in [6.07, 6.45) is 7.16. The van der Waals surface area contributed by atoms with E-state index in [1.54, 1.807) is 21.9 Å². The van der Waals surface area contributed by atoms with Crippen molar-refractivity contribution >= 4 is 29.6 Å². The molecule has 1 aromatic carbocycles. The Labute approximate surface area is 238 Å². The van der Waals surface area contributed by atoms with Crippen LogP contribution in [0.1, 0.15) is 81.6 Å². The highest BCUT2D eigenvalue weighted by Gasteiger charge is 2.30. The Bertz CT molecular complexity index is 1020. The van der Waals surface area contributed by atoms with Gasteiger partial charge in [-0.1, -0.05) is 70.0 Å². The maximum atomic E-state index is 13.0. The summed E-state index contributed by atoms with van der Waals surface area (Å²) in [5.41, 5.74) is 2.02. The zero-order chi connectivity index (χ0) is 28.8. The van der Waals surface area contributed by atoms with Crippen molar-refractivity contribution in [3.63, 3.8) is 0 Å². The lowest BCUT2D eigenvalue weighted by atomic mass is 9.93. The Balaban J connectivity index is 0.00000260. The maximum absolute atomic E-state index is 13.0. The summed E-state index contributed by atoms with van der Waals surface area (Å²) in [5.74, 6) is -1.01. The maximum Gasteiger partial charge on any atom is 0.409 e. The van der Waals surface area contributed by atoms with Crippen LogP contribution in [0.5, 0.6) is 0 Å². The average molecular weight is 562 g/mol. The second-order valence-corrected chi connectivity index (χ2v) is 9.95. The van der Waals surface area contributed by atoms with E-state index < -0.39 is 5.97 Å². The zero-order valence-corrected chi connectivity index (χ0v) is 24.6. The molecule has 2 fully saturated rings. The molecule has 2 heterocycles. The van der Waals surface area contributed by atoms with Crippen LogP contribution in [0.3, 0.4) is 0 Å². The summed E-state index contributed by atoms with van der Waals surface area (Å²) in [5, 5.41) is 9.96. The van der Waals surface area contributed by atoms with Gasteiger partial charge < -0.3 is 24.5 Å². The van der Waals surface area contributed by atoms with Gasteiger partial charge in [0.15, 0.2) is 0 Å². The number of carboxylic acid groups (broad SMARTS) is 1. The highest BCUT2D eigenvalue weighted by Crippen LogP contribution is 2.30. The number of hydrogen-bond donors (Lipinski definition) is 1. The first-order chi connectivity index (χ1) is 18.8. The molecule has 39 heavy (non-hydrogen) atoms. The van der Waals surface area contributed by atoms with Crippen molar-refractivity contribution < 1.29 is 24.2 Å². The van der Waals surface area contributed by atoms with E-state index in [9.17, 15) is 19.5 Å². The van der Waals surface area contributed by atoms with E-state index in [0.717, 1.165) is 36.9 Å². The molecule has 1 unspecified atom stereocenters. The zero-order valence-electron chi connectivity index (χ0n) is 23.8. The van der Waals surface area contributed by atoms with Gasteiger partial charge in [-0.05, 0) is 37.0 Å². The SMILES string of the molecule is CC.CC/C=C(\C=C(\Cl)CC(=O)N1CCC(c2ccccc2C(=O)O)C1)N1CCN(C(=O)OCCCC)CC1. The first-order valence-corrected chi connectivity index (χ1v) is 14.5. The molecule has 2 saturated heterocycles. The first kappa shape index (κ1) is 32.2. The van der Waals surface area contributed by atoms with E-state index in [0.29, 0.717) is 56.5 Å². The van der Waals surface area contributed by atoms with Gasteiger partial charge in [-0.25, -0.2) is 9.59 Å². The van der Waals surface area contributed by atoms with Crippen molar-refractivity contribution in [3.05, 3.63) is 58.3 Å². The van der Waals surface area contributed by atoms with Crippen molar-refractivity contribution in [2.45, 2.75) is 65.7 Å². The molecular weight excluding hydrogens is 518 g/mol. The number of benzene rings is 1. The molecule has 2 amide bonds. The van der Waals surface area contributed by atoms with Crippen LogP contribution >= 0.6 is 11.6 Å². The monoisotopic (exact) mass is 561 g/mol. The van der Waals surface area contributed by atoms with Gasteiger partial charge in [0.2, 0.25) is 5.91 Å². The summed E-state index contributed by atoms with van der Waals surface area (Å²) in [6.45, 7) is 12.1. The van der Waals surface area contributed by atoms with Crippen LogP contribution in [-0.4, -0.2) is 83.7 Å². The normalized spacial score (nSPS) is 18.0. The molecule has 0 radical (unpaired) electrons. The third-order valence-electron chi connectivity index (χ3n) is 6.84. The van der Waals surface area contributed by atoms with Crippen molar-refractivity contribution in [2.75, 3.05) is 45.9 Å². The van der Waals surface area contributed by atoms with Gasteiger partial charge in [0.1, 0.15) is 0 Å². The number of piperazine rings is 1. The summed E-state index contributed by atoms with van der Waals surface area (Å²) in [6, 6.07) is 7.00. The highest BCUT2D eigenvalue weighted by atomic mass is 35.5. The Hall–Kier alpha value is -3.00. The van der Waals surface area contributed by atoms with E-state index in [-0.39, 0.29) is 24.3 Å². The van der Waals surface area contributed by atoms with Crippen LogP contribution in [0, 0.1) is 0 Å². The third kappa shape index (κ3) is 9.60. The smallest absolute Gasteiger partial charge is 0.409 e. The van der Waals surface area contributed by atoms with Crippen LogP contribution in [0.2, 0.25) is 0 Å². The number of hydrogen-bond acceptors (Lipinski definition) is 5. The Kier molecular flexibility index (Phi) is 13.9. The summed E-state index contributed by atoms with van der Waals surface area (Å²) >= 11 is 6.56. The highest BCUT2D eigenvalue weighted by molar-refractivity contribution is 6.31. The number of aromatic carboxylic acids is 1. The minimum Gasteiger partial charge on any atom is -0.478 e. The molecule has 1 atom stereocenters. The van der Waals surface area contributed by atoms with Crippen LogP contribution in [-0.2, 0) is 9.53 Å². The molecule has 0 aromatic heterocycles. The average Bonchev–Trinajstić information content (AvgIpc) is 3.45. The van der Waals surface area contributed by atoms with Gasteiger partial charge in [0.25, 0.3) is 0 Å². The van der Waals surface area contributed by atoms with E-state index in [2.05, 4.69) is 17.9 Å². The van der Waals surface area contributed by atoms with Gasteiger partial charge in [0, 0.05) is 55.9 Å². The van der Waals surface area contributed by atoms with Crippen LogP contribution < -0.4 is 0 Å². The number of halogens is 1. The molecule has 1 N–H and O–H groups in total. The molecule has 2 aliphatic rings. The van der Waals surface area contributed by atoms with E-state index >= 15 is 0 Å². The van der Waals surface area contributed by atoms with Crippen LogP contribution in [0.15, 0.2) is 47.1 Å². The number of amides is 2. The molecule has 216 valence electrons. The summed E-state index contributed by atoms with van der Waals surface area (Å²) in [4.78, 5) is 42.5.